The van der Waals surface area contributed by atoms with Gasteiger partial charge in [0, 0.05) is 32.0 Å². The predicted molar refractivity (Wildman–Crippen MR) is 133 cm³/mol. The van der Waals surface area contributed by atoms with E-state index in [4.69, 9.17) is 5.26 Å². The molecule has 0 radical (unpaired) electrons. The Morgan fingerprint density at radius 2 is 1.68 bits per heavy atom. The second-order valence-corrected chi connectivity index (χ2v) is 10.3. The highest BCUT2D eigenvalue weighted by Crippen LogP contribution is 2.25. The zero-order valence-corrected chi connectivity index (χ0v) is 20.7. The fourth-order valence-electron chi connectivity index (χ4n) is 3.90. The van der Waals surface area contributed by atoms with E-state index in [1.165, 1.54) is 37.5 Å². The second kappa shape index (κ2) is 10.8. The van der Waals surface area contributed by atoms with Crippen LogP contribution in [0.5, 0.6) is 0 Å². The van der Waals surface area contributed by atoms with Gasteiger partial charge in [-0.25, -0.2) is 26.0 Å². The molecule has 37 heavy (non-hydrogen) atoms. The summed E-state index contributed by atoms with van der Waals surface area (Å²) in [6, 6.07) is 15.6. The highest BCUT2D eigenvalue weighted by molar-refractivity contribution is 7.89. The topological polar surface area (TPSA) is 98.8 Å². The monoisotopic (exact) mass is 523 g/mol. The van der Waals surface area contributed by atoms with Crippen LogP contribution in [0.15, 0.2) is 78.0 Å². The molecule has 0 saturated carbocycles. The molecular formula is C26H23F2N5O3S. The summed E-state index contributed by atoms with van der Waals surface area (Å²) in [4.78, 5) is 15.2. The van der Waals surface area contributed by atoms with Gasteiger partial charge in [0.2, 0.25) is 0 Å². The fraction of sp³-hybridized carbons (Fsp3) is 0.192. The van der Waals surface area contributed by atoms with Crippen molar-refractivity contribution < 1.29 is 22.0 Å². The standard InChI is InChI=1S/C20H19N5O3S.C6H4F2/c1-23(29(27,28)17-6-4-5-15(11-17)13-21)20(26)18-14-22-25-10-7-16(12-19(18)25)24-8-2-3-9-24;7-5-1-2-6(8)4-3-5/h4-7,10-12,14H,2-3,8-9H2,1H3;1-4H. The molecule has 0 N–H and O–H groups in total. The van der Waals surface area contributed by atoms with Crippen molar-refractivity contribution in [2.24, 2.45) is 0 Å². The third-order valence-electron chi connectivity index (χ3n) is 5.92. The summed E-state index contributed by atoms with van der Waals surface area (Å²) in [7, 11) is -2.89. The summed E-state index contributed by atoms with van der Waals surface area (Å²) < 4.78 is 51.9. The van der Waals surface area contributed by atoms with Gasteiger partial charge < -0.3 is 4.90 Å². The van der Waals surface area contributed by atoms with E-state index in [9.17, 15) is 22.0 Å². The summed E-state index contributed by atoms with van der Waals surface area (Å²) in [6.45, 7) is 1.91. The normalized spacial score (nSPS) is 13.1. The number of amides is 1. The predicted octanol–water partition coefficient (Wildman–Crippen LogP) is 4.23. The van der Waals surface area contributed by atoms with Gasteiger partial charge >= 0.3 is 0 Å². The van der Waals surface area contributed by atoms with Gasteiger partial charge in [-0.1, -0.05) is 6.07 Å². The SMILES string of the molecule is CN(C(=O)c1cnn2ccc(N3CCCC3)cc12)S(=O)(=O)c1cccc(C#N)c1.Fc1ccc(F)cc1. The van der Waals surface area contributed by atoms with Gasteiger partial charge in [0.1, 0.15) is 11.6 Å². The van der Waals surface area contributed by atoms with E-state index >= 15 is 0 Å². The summed E-state index contributed by atoms with van der Waals surface area (Å²) >= 11 is 0. The van der Waals surface area contributed by atoms with Crippen molar-refractivity contribution in [3.8, 4) is 6.07 Å². The van der Waals surface area contributed by atoms with Gasteiger partial charge in [-0.3, -0.25) is 4.79 Å². The van der Waals surface area contributed by atoms with Crippen LogP contribution in [0.25, 0.3) is 5.52 Å². The number of carbonyl (C=O) groups is 1. The molecule has 1 fully saturated rings. The van der Waals surface area contributed by atoms with Gasteiger partial charge in [-0.15, -0.1) is 0 Å². The van der Waals surface area contributed by atoms with Gasteiger partial charge in [-0.2, -0.15) is 10.4 Å². The maximum atomic E-state index is 13.0. The molecule has 0 atom stereocenters. The van der Waals surface area contributed by atoms with E-state index in [-0.39, 0.29) is 16.0 Å². The van der Waals surface area contributed by atoms with Crippen LogP contribution in [0.4, 0.5) is 14.5 Å². The molecule has 0 aliphatic carbocycles. The Kier molecular flexibility index (Phi) is 7.50. The number of hydrogen-bond acceptors (Lipinski definition) is 6. The van der Waals surface area contributed by atoms with Gasteiger partial charge in [-0.05, 0) is 67.4 Å². The number of fused-ring (bicyclic) bond motifs is 1. The average molecular weight is 524 g/mol. The third-order valence-corrected chi connectivity index (χ3v) is 7.65. The molecule has 3 heterocycles. The van der Waals surface area contributed by atoms with Crippen LogP contribution in [0, 0.1) is 23.0 Å². The van der Waals surface area contributed by atoms with Crippen molar-refractivity contribution in [2.45, 2.75) is 17.7 Å². The van der Waals surface area contributed by atoms with Crippen molar-refractivity contribution in [1.29, 1.82) is 5.26 Å². The zero-order chi connectivity index (χ0) is 26.6. The first-order chi connectivity index (χ1) is 17.7. The van der Waals surface area contributed by atoms with Gasteiger partial charge in [0.25, 0.3) is 15.9 Å². The quantitative estimate of drug-likeness (QED) is 0.397. The minimum atomic E-state index is -4.11. The van der Waals surface area contributed by atoms with Crippen LogP contribution >= 0.6 is 0 Å². The first-order valence-corrected chi connectivity index (χ1v) is 12.8. The molecular weight excluding hydrogens is 500 g/mol. The number of benzene rings is 2. The van der Waals surface area contributed by atoms with E-state index in [0.717, 1.165) is 55.9 Å². The van der Waals surface area contributed by atoms with Crippen molar-refractivity contribution >= 4 is 27.1 Å². The summed E-state index contributed by atoms with van der Waals surface area (Å²) in [5.74, 6) is -1.50. The Labute approximate surface area is 213 Å². The Balaban J connectivity index is 0.000000342. The number of hydrogen-bond donors (Lipinski definition) is 0. The molecule has 0 spiro atoms. The van der Waals surface area contributed by atoms with Crippen LogP contribution in [-0.4, -0.2) is 48.4 Å². The van der Waals surface area contributed by atoms with Crippen LogP contribution in [-0.2, 0) is 10.0 Å². The number of halogens is 2. The minimum Gasteiger partial charge on any atom is -0.371 e. The summed E-state index contributed by atoms with van der Waals surface area (Å²) in [5.41, 5.74) is 1.94. The number of sulfonamides is 1. The first-order valence-electron chi connectivity index (χ1n) is 11.4. The summed E-state index contributed by atoms with van der Waals surface area (Å²) in [6.07, 6.45) is 5.39. The number of carbonyl (C=O) groups excluding carboxylic acids is 1. The lowest BCUT2D eigenvalue weighted by atomic mass is 10.2. The van der Waals surface area contributed by atoms with E-state index in [2.05, 4.69) is 10.00 Å². The number of nitriles is 1. The molecule has 1 aliphatic heterocycles. The lowest BCUT2D eigenvalue weighted by molar-refractivity contribution is 0.0884. The van der Waals surface area contributed by atoms with Crippen molar-refractivity contribution in [2.75, 3.05) is 25.0 Å². The largest absolute Gasteiger partial charge is 0.371 e. The van der Waals surface area contributed by atoms with Crippen LogP contribution in [0.1, 0.15) is 28.8 Å². The molecule has 190 valence electrons. The number of rotatable bonds is 4. The molecule has 2 aromatic carbocycles. The van der Waals surface area contributed by atoms with E-state index < -0.39 is 27.6 Å². The second-order valence-electron chi connectivity index (χ2n) is 8.32. The lowest BCUT2D eigenvalue weighted by Gasteiger charge is -2.19. The number of pyridine rings is 1. The maximum Gasteiger partial charge on any atom is 0.271 e. The Morgan fingerprint density at radius 3 is 2.30 bits per heavy atom. The highest BCUT2D eigenvalue weighted by Gasteiger charge is 2.29. The molecule has 1 amide bonds. The molecule has 5 rings (SSSR count). The third kappa shape index (κ3) is 5.59. The number of aromatic nitrogens is 2. The molecule has 0 bridgehead atoms. The van der Waals surface area contributed by atoms with Crippen LogP contribution < -0.4 is 4.90 Å². The smallest absolute Gasteiger partial charge is 0.271 e. The van der Waals surface area contributed by atoms with E-state index in [1.54, 1.807) is 10.7 Å². The van der Waals surface area contributed by atoms with Gasteiger partial charge in [0.05, 0.1) is 33.8 Å². The molecule has 1 aliphatic rings. The first kappa shape index (κ1) is 25.8. The Morgan fingerprint density at radius 1 is 1.03 bits per heavy atom. The van der Waals surface area contributed by atoms with Crippen molar-refractivity contribution in [1.82, 2.24) is 13.9 Å². The number of anilines is 1. The van der Waals surface area contributed by atoms with Crippen LogP contribution in [0.2, 0.25) is 0 Å². The zero-order valence-electron chi connectivity index (χ0n) is 19.9. The maximum absolute atomic E-state index is 13.0. The fourth-order valence-corrected chi connectivity index (χ4v) is 5.06. The van der Waals surface area contributed by atoms with E-state index in [0.29, 0.717) is 9.82 Å². The van der Waals surface area contributed by atoms with Crippen molar-refractivity contribution in [3.05, 3.63) is 95.8 Å². The van der Waals surface area contributed by atoms with Gasteiger partial charge in [0.15, 0.2) is 0 Å². The highest BCUT2D eigenvalue weighted by atomic mass is 32.2. The van der Waals surface area contributed by atoms with Crippen molar-refractivity contribution in [3.63, 3.8) is 0 Å². The number of nitrogens with zero attached hydrogens (tertiary/aromatic N) is 5. The molecule has 8 nitrogen and oxygen atoms in total. The Bertz CT molecular complexity index is 1550. The van der Waals surface area contributed by atoms with E-state index in [1.807, 2.05) is 18.2 Å². The molecule has 11 heteroatoms. The Hall–Kier alpha value is -4.30. The average Bonchev–Trinajstić information content (AvgIpc) is 3.60. The minimum absolute atomic E-state index is 0.110. The lowest BCUT2D eigenvalue weighted by Crippen LogP contribution is -2.33. The molecule has 4 aromatic rings. The van der Waals surface area contributed by atoms with Crippen LogP contribution in [0.3, 0.4) is 0 Å². The molecule has 0 unspecified atom stereocenters. The molecule has 1 saturated heterocycles. The molecule has 2 aromatic heterocycles. The summed E-state index contributed by atoms with van der Waals surface area (Å²) in [5, 5.41) is 13.2.